The molecule has 0 atom stereocenters. The first-order valence-corrected chi connectivity index (χ1v) is 8.40. The lowest BCUT2D eigenvalue weighted by Crippen LogP contribution is -2.25. The van der Waals surface area contributed by atoms with Gasteiger partial charge in [0.2, 0.25) is 0 Å². The van der Waals surface area contributed by atoms with Crippen LogP contribution in [0.2, 0.25) is 0 Å². The van der Waals surface area contributed by atoms with E-state index in [0.29, 0.717) is 31.4 Å². The molecule has 0 saturated carbocycles. The maximum Gasteiger partial charge on any atom is 0.264 e. The van der Waals surface area contributed by atoms with Gasteiger partial charge in [0.05, 0.1) is 12.4 Å². The summed E-state index contributed by atoms with van der Waals surface area (Å²) in [6.45, 7) is 2.91. The van der Waals surface area contributed by atoms with Crippen molar-refractivity contribution in [3.63, 3.8) is 0 Å². The second-order valence-electron chi connectivity index (χ2n) is 4.40. The molecular formula is C11H21ClO5S. The van der Waals surface area contributed by atoms with E-state index in [-0.39, 0.29) is 6.10 Å². The van der Waals surface area contributed by atoms with E-state index in [0.717, 1.165) is 32.3 Å². The highest BCUT2D eigenvalue weighted by Crippen LogP contribution is 2.12. The average molecular weight is 301 g/mol. The van der Waals surface area contributed by atoms with Gasteiger partial charge >= 0.3 is 0 Å². The Morgan fingerprint density at radius 3 is 1.78 bits per heavy atom. The lowest BCUT2D eigenvalue weighted by molar-refractivity contribution is 0.0288. The third kappa shape index (κ3) is 8.26. The molecule has 0 aromatic carbocycles. The van der Waals surface area contributed by atoms with Gasteiger partial charge in [-0.1, -0.05) is 0 Å². The fraction of sp³-hybridized carbons (Fsp3) is 1.00. The van der Waals surface area contributed by atoms with E-state index in [1.54, 1.807) is 0 Å². The van der Waals surface area contributed by atoms with Crippen LogP contribution in [0.25, 0.3) is 0 Å². The summed E-state index contributed by atoms with van der Waals surface area (Å²) < 4.78 is 36.1. The quantitative estimate of drug-likeness (QED) is 0.572. The molecule has 7 heteroatoms. The van der Waals surface area contributed by atoms with Crippen LogP contribution in [0.15, 0.2) is 0 Å². The molecule has 0 bridgehead atoms. The van der Waals surface area contributed by atoms with Gasteiger partial charge < -0.3 is 9.47 Å². The van der Waals surface area contributed by atoms with E-state index >= 15 is 0 Å². The number of alkyl halides is 1. The molecule has 0 radical (unpaired) electrons. The van der Waals surface area contributed by atoms with Gasteiger partial charge in [0.1, 0.15) is 0 Å². The van der Waals surface area contributed by atoms with Crippen molar-refractivity contribution in [1.82, 2.24) is 0 Å². The van der Waals surface area contributed by atoms with Crippen molar-refractivity contribution in [1.29, 1.82) is 0 Å². The zero-order chi connectivity index (χ0) is 13.4. The fourth-order valence-corrected chi connectivity index (χ4v) is 2.55. The third-order valence-corrected chi connectivity index (χ3v) is 3.69. The number of hydrogen-bond donors (Lipinski definition) is 0. The zero-order valence-electron chi connectivity index (χ0n) is 10.6. The first kappa shape index (κ1) is 16.2. The molecule has 5 nitrogen and oxygen atoms in total. The van der Waals surface area contributed by atoms with Gasteiger partial charge in [-0.15, -0.1) is 11.6 Å². The van der Waals surface area contributed by atoms with Crippen LogP contribution in [0.3, 0.4) is 0 Å². The fourth-order valence-electron chi connectivity index (χ4n) is 1.69. The minimum atomic E-state index is -3.28. The molecule has 0 spiro atoms. The summed E-state index contributed by atoms with van der Waals surface area (Å²) in [5, 5.41) is 0.383. The molecule has 2 saturated heterocycles. The van der Waals surface area contributed by atoms with E-state index in [4.69, 9.17) is 25.3 Å². The van der Waals surface area contributed by atoms with Crippen LogP contribution in [0.1, 0.15) is 25.7 Å². The normalized spacial score (nSPS) is 23.2. The first-order valence-electron chi connectivity index (χ1n) is 6.15. The monoisotopic (exact) mass is 300 g/mol. The van der Waals surface area contributed by atoms with Crippen molar-refractivity contribution >= 4 is 21.7 Å². The Morgan fingerprint density at radius 1 is 1.00 bits per heavy atom. The highest BCUT2D eigenvalue weighted by atomic mass is 35.5. The van der Waals surface area contributed by atoms with Crippen molar-refractivity contribution in [2.24, 2.45) is 0 Å². The van der Waals surface area contributed by atoms with Gasteiger partial charge in [0, 0.05) is 31.8 Å². The van der Waals surface area contributed by atoms with Crippen LogP contribution in [-0.4, -0.2) is 52.6 Å². The Hall–Kier alpha value is 0.120. The molecule has 2 heterocycles. The van der Waals surface area contributed by atoms with Gasteiger partial charge in [0.15, 0.2) is 0 Å². The predicted octanol–water partition coefficient (Wildman–Crippen LogP) is 1.55. The third-order valence-electron chi connectivity index (χ3n) is 2.63. The largest absolute Gasteiger partial charge is 0.381 e. The Bertz CT molecular complexity index is 307. The van der Waals surface area contributed by atoms with Crippen molar-refractivity contribution in [3.05, 3.63) is 0 Å². The van der Waals surface area contributed by atoms with Crippen molar-refractivity contribution in [3.8, 4) is 0 Å². The lowest BCUT2D eigenvalue weighted by atomic mass is 10.2. The van der Waals surface area contributed by atoms with Crippen LogP contribution < -0.4 is 0 Å². The van der Waals surface area contributed by atoms with E-state index in [1.165, 1.54) is 0 Å². The SMILES string of the molecule is CS(=O)(=O)OC1CCOCC1.ClC1CCOCC1. The summed E-state index contributed by atoms with van der Waals surface area (Å²) in [5.41, 5.74) is 0. The molecule has 108 valence electrons. The Morgan fingerprint density at radius 2 is 1.44 bits per heavy atom. The minimum Gasteiger partial charge on any atom is -0.381 e. The van der Waals surface area contributed by atoms with Crippen molar-refractivity contribution in [2.75, 3.05) is 32.7 Å². The van der Waals surface area contributed by atoms with Gasteiger partial charge in [0.25, 0.3) is 10.1 Å². The first-order chi connectivity index (χ1) is 8.47. The van der Waals surface area contributed by atoms with E-state index in [1.807, 2.05) is 0 Å². The number of rotatable bonds is 2. The molecule has 0 aromatic heterocycles. The maximum absolute atomic E-state index is 10.6. The lowest BCUT2D eigenvalue weighted by Gasteiger charge is -2.20. The second-order valence-corrected chi connectivity index (χ2v) is 6.62. The molecule has 0 aliphatic carbocycles. The summed E-state index contributed by atoms with van der Waals surface area (Å²) >= 11 is 5.74. The van der Waals surface area contributed by atoms with Crippen LogP contribution in [0, 0.1) is 0 Å². The van der Waals surface area contributed by atoms with Crippen LogP contribution >= 0.6 is 11.6 Å². The van der Waals surface area contributed by atoms with Crippen LogP contribution in [0.4, 0.5) is 0 Å². The molecule has 2 aliphatic heterocycles. The van der Waals surface area contributed by atoms with Crippen molar-refractivity contribution < 1.29 is 22.1 Å². The highest BCUT2D eigenvalue weighted by Gasteiger charge is 2.18. The standard InChI is InChI=1S/C6H12O4S.C5H9ClO/c1-11(7,8)10-6-2-4-9-5-3-6;6-5-1-3-7-4-2-5/h6H,2-5H2,1H3;5H,1-4H2. The van der Waals surface area contributed by atoms with Gasteiger partial charge in [-0.05, 0) is 25.7 Å². The van der Waals surface area contributed by atoms with Crippen molar-refractivity contribution in [2.45, 2.75) is 37.2 Å². The Kier molecular flexibility index (Phi) is 7.48. The highest BCUT2D eigenvalue weighted by molar-refractivity contribution is 7.86. The topological polar surface area (TPSA) is 61.8 Å². The Labute approximate surface area is 114 Å². The number of hydrogen-bond acceptors (Lipinski definition) is 5. The van der Waals surface area contributed by atoms with E-state index in [2.05, 4.69) is 0 Å². The summed E-state index contributed by atoms with van der Waals surface area (Å²) in [7, 11) is -3.28. The van der Waals surface area contributed by atoms with Gasteiger partial charge in [-0.2, -0.15) is 8.42 Å². The summed E-state index contributed by atoms with van der Waals surface area (Å²) in [5.74, 6) is 0. The second kappa shape index (κ2) is 8.32. The molecule has 2 fully saturated rings. The summed E-state index contributed by atoms with van der Waals surface area (Å²) in [6.07, 6.45) is 4.31. The molecule has 0 N–H and O–H groups in total. The number of halogens is 1. The maximum atomic E-state index is 10.6. The molecular weight excluding hydrogens is 280 g/mol. The summed E-state index contributed by atoms with van der Waals surface area (Å²) in [4.78, 5) is 0. The minimum absolute atomic E-state index is 0.168. The molecule has 2 rings (SSSR count). The van der Waals surface area contributed by atoms with E-state index < -0.39 is 10.1 Å². The smallest absolute Gasteiger partial charge is 0.264 e. The van der Waals surface area contributed by atoms with Crippen LogP contribution in [0.5, 0.6) is 0 Å². The van der Waals surface area contributed by atoms with E-state index in [9.17, 15) is 8.42 Å². The summed E-state index contributed by atoms with van der Waals surface area (Å²) in [6, 6.07) is 0. The van der Waals surface area contributed by atoms with Gasteiger partial charge in [-0.3, -0.25) is 4.18 Å². The average Bonchev–Trinajstić information content (AvgIpc) is 2.30. The Balaban J connectivity index is 0.000000199. The zero-order valence-corrected chi connectivity index (χ0v) is 12.2. The molecule has 0 amide bonds. The molecule has 0 aromatic rings. The molecule has 0 unspecified atom stereocenters. The number of ether oxygens (including phenoxy) is 2. The molecule has 2 aliphatic rings. The molecule has 18 heavy (non-hydrogen) atoms. The predicted molar refractivity (Wildman–Crippen MR) is 69.5 cm³/mol. The van der Waals surface area contributed by atoms with Crippen LogP contribution in [-0.2, 0) is 23.8 Å². The van der Waals surface area contributed by atoms with Gasteiger partial charge in [-0.25, -0.2) is 0 Å².